The Morgan fingerprint density at radius 3 is 2.33 bits per heavy atom. The molecule has 0 atom stereocenters. The number of nitrogens with zero attached hydrogens (tertiary/aromatic N) is 5. The molecule has 0 bridgehead atoms. The number of hydrogen-bond donors (Lipinski definition) is 2. The summed E-state index contributed by atoms with van der Waals surface area (Å²) in [6, 6.07) is 12.2. The van der Waals surface area contributed by atoms with Gasteiger partial charge in [0, 0.05) is 73.7 Å². The van der Waals surface area contributed by atoms with Gasteiger partial charge in [-0.05, 0) is 36.8 Å². The van der Waals surface area contributed by atoms with Gasteiger partial charge in [0.2, 0.25) is 0 Å². The summed E-state index contributed by atoms with van der Waals surface area (Å²) in [5.74, 6) is -1.64. The minimum atomic E-state index is -0.626. The van der Waals surface area contributed by atoms with Crippen molar-refractivity contribution in [2.45, 2.75) is 6.92 Å². The third kappa shape index (κ3) is 5.15. The van der Waals surface area contributed by atoms with E-state index in [-0.39, 0.29) is 30.5 Å². The number of nitrogens with one attached hydrogen (secondary N) is 2. The van der Waals surface area contributed by atoms with Crippen LogP contribution in [-0.2, 0) is 4.79 Å². The Morgan fingerprint density at radius 2 is 1.60 bits per heavy atom. The normalized spacial score (nSPS) is 13.3. The number of amides is 3. The zero-order valence-corrected chi connectivity index (χ0v) is 23.4. The average molecular weight is 580 g/mol. The van der Waals surface area contributed by atoms with E-state index in [4.69, 9.17) is 0 Å². The topological polar surface area (TPSA) is 141 Å². The average Bonchev–Trinajstić information content (AvgIpc) is 3.69. The Kier molecular flexibility index (Phi) is 7.28. The summed E-state index contributed by atoms with van der Waals surface area (Å²) in [7, 11) is 0. The fourth-order valence-electron chi connectivity index (χ4n) is 4.92. The number of pyridine rings is 2. The van der Waals surface area contributed by atoms with Gasteiger partial charge in [-0.25, -0.2) is 4.98 Å². The second kappa shape index (κ2) is 11.3. The van der Waals surface area contributed by atoms with Crippen LogP contribution in [0.5, 0.6) is 0 Å². The number of aryl methyl sites for hydroxylation is 1. The quantitative estimate of drug-likeness (QED) is 0.230. The van der Waals surface area contributed by atoms with Gasteiger partial charge in [-0.2, -0.15) is 0 Å². The first-order valence-electron chi connectivity index (χ1n) is 13.2. The molecule has 210 valence electrons. The van der Waals surface area contributed by atoms with Gasteiger partial charge in [-0.15, -0.1) is 0 Å². The largest absolute Gasteiger partial charge is 0.359 e. The maximum Gasteiger partial charge on any atom is 0.295 e. The highest BCUT2D eigenvalue weighted by atomic mass is 32.1. The fourth-order valence-corrected chi connectivity index (χ4v) is 5.74. The molecule has 0 saturated carbocycles. The van der Waals surface area contributed by atoms with Gasteiger partial charge < -0.3 is 14.8 Å². The number of rotatable bonds is 6. The molecule has 4 aromatic heterocycles. The van der Waals surface area contributed by atoms with Crippen molar-refractivity contribution in [1.29, 1.82) is 0 Å². The lowest BCUT2D eigenvalue weighted by atomic mass is 10.0. The van der Waals surface area contributed by atoms with E-state index in [2.05, 4.69) is 25.3 Å². The molecule has 1 aliphatic heterocycles. The summed E-state index contributed by atoms with van der Waals surface area (Å²) < 4.78 is 0. The lowest BCUT2D eigenvalue weighted by Gasteiger charge is -2.34. The Labute approximate surface area is 244 Å². The highest BCUT2D eigenvalue weighted by Gasteiger charge is 2.31. The highest BCUT2D eigenvalue weighted by molar-refractivity contribution is 7.19. The molecule has 3 amide bonds. The van der Waals surface area contributed by atoms with E-state index in [1.807, 2.05) is 25.1 Å². The van der Waals surface area contributed by atoms with Gasteiger partial charge in [0.05, 0.1) is 16.0 Å². The van der Waals surface area contributed by atoms with Crippen LogP contribution in [0.15, 0.2) is 73.4 Å². The first kappa shape index (κ1) is 27.0. The molecule has 42 heavy (non-hydrogen) atoms. The number of H-pyrrole nitrogens is 1. The third-order valence-electron chi connectivity index (χ3n) is 7.11. The van der Waals surface area contributed by atoms with Crippen molar-refractivity contribution >= 4 is 50.9 Å². The van der Waals surface area contributed by atoms with Gasteiger partial charge in [0.1, 0.15) is 5.69 Å². The molecular weight excluding hydrogens is 554 g/mol. The Bertz CT molecular complexity index is 1810. The van der Waals surface area contributed by atoms with E-state index in [0.29, 0.717) is 50.8 Å². The van der Waals surface area contributed by atoms with E-state index >= 15 is 0 Å². The van der Waals surface area contributed by atoms with E-state index in [9.17, 15) is 19.2 Å². The number of hydrogen-bond acceptors (Lipinski definition) is 8. The smallest absolute Gasteiger partial charge is 0.295 e. The number of anilines is 1. The molecule has 1 aromatic carbocycles. The predicted molar refractivity (Wildman–Crippen MR) is 157 cm³/mol. The highest BCUT2D eigenvalue weighted by Crippen LogP contribution is 2.35. The number of carbonyl (C=O) groups is 4. The summed E-state index contributed by atoms with van der Waals surface area (Å²) in [5, 5.41) is 3.77. The molecule has 1 fully saturated rings. The Hall–Kier alpha value is -5.23. The second-order valence-corrected chi connectivity index (χ2v) is 10.8. The minimum Gasteiger partial charge on any atom is -0.359 e. The van der Waals surface area contributed by atoms with Crippen LogP contribution in [0.3, 0.4) is 0 Å². The van der Waals surface area contributed by atoms with Crippen molar-refractivity contribution in [3.05, 3.63) is 95.7 Å². The maximum atomic E-state index is 13.4. The minimum absolute atomic E-state index is 0.0931. The first-order valence-corrected chi connectivity index (χ1v) is 14.0. The molecule has 1 saturated heterocycles. The number of thiazole rings is 1. The number of carbonyl (C=O) groups excluding carboxylic acids is 4. The van der Waals surface area contributed by atoms with Crippen molar-refractivity contribution in [1.82, 2.24) is 29.7 Å². The number of fused-ring (bicyclic) bond motifs is 1. The number of Topliss-reactive ketones (excluding diaryl/α,β-unsaturated/α-hetero) is 1. The molecule has 0 radical (unpaired) electrons. The van der Waals surface area contributed by atoms with Crippen LogP contribution < -0.4 is 5.32 Å². The molecule has 5 aromatic rings. The van der Waals surface area contributed by atoms with Crippen molar-refractivity contribution in [2.24, 2.45) is 0 Å². The monoisotopic (exact) mass is 579 g/mol. The number of ketones is 1. The van der Waals surface area contributed by atoms with Gasteiger partial charge in [-0.1, -0.05) is 29.5 Å². The SMILES string of the molecule is Cc1cnc(-c2cnc(NC(=O)c3ccncc3)s2)c2[nH]cc(C(=O)C(=O)N3CCN(C(=O)c4ccccc4)CC3)c12. The van der Waals surface area contributed by atoms with Crippen molar-refractivity contribution in [3.63, 3.8) is 0 Å². The molecule has 0 spiro atoms. The van der Waals surface area contributed by atoms with Crippen LogP contribution in [0.25, 0.3) is 21.5 Å². The number of aromatic amines is 1. The number of aromatic nitrogens is 4. The molecular formula is C30H25N7O4S. The summed E-state index contributed by atoms with van der Waals surface area (Å²) in [4.78, 5) is 71.8. The van der Waals surface area contributed by atoms with E-state index in [1.54, 1.807) is 41.6 Å². The molecule has 0 aliphatic carbocycles. The summed E-state index contributed by atoms with van der Waals surface area (Å²) in [6.07, 6.45) is 7.86. The third-order valence-corrected chi connectivity index (χ3v) is 8.03. The molecule has 12 heteroatoms. The number of benzene rings is 1. The molecule has 1 aliphatic rings. The van der Waals surface area contributed by atoms with E-state index in [0.717, 1.165) is 5.56 Å². The molecule has 2 N–H and O–H groups in total. The Morgan fingerprint density at radius 1 is 0.881 bits per heavy atom. The second-order valence-electron chi connectivity index (χ2n) is 9.74. The van der Waals surface area contributed by atoms with Crippen molar-refractivity contribution < 1.29 is 19.2 Å². The van der Waals surface area contributed by atoms with Crippen LogP contribution in [0.4, 0.5) is 5.13 Å². The standard InChI is InChI=1S/C30H25N7O4S/c1-18-15-32-24(22-17-34-30(42-22)35-27(39)19-7-9-31-10-8-19)25-23(18)21(16-33-25)26(38)29(41)37-13-11-36(12-14-37)28(40)20-5-3-2-4-6-20/h2-10,15-17,33H,11-14H2,1H3,(H,34,35,39). The van der Waals surface area contributed by atoms with Crippen LogP contribution >= 0.6 is 11.3 Å². The fraction of sp³-hybridized carbons (Fsp3) is 0.167. The predicted octanol–water partition coefficient (Wildman–Crippen LogP) is 3.81. The molecule has 11 nitrogen and oxygen atoms in total. The van der Waals surface area contributed by atoms with Crippen molar-refractivity contribution in [2.75, 3.05) is 31.5 Å². The van der Waals surface area contributed by atoms with Crippen molar-refractivity contribution in [3.8, 4) is 10.6 Å². The van der Waals surface area contributed by atoms with Gasteiger partial charge in [-0.3, -0.25) is 34.5 Å². The lowest BCUT2D eigenvalue weighted by Crippen LogP contribution is -2.52. The zero-order valence-electron chi connectivity index (χ0n) is 22.5. The lowest BCUT2D eigenvalue weighted by molar-refractivity contribution is -0.127. The van der Waals surface area contributed by atoms with E-state index < -0.39 is 11.7 Å². The van der Waals surface area contributed by atoms with Gasteiger partial charge >= 0.3 is 0 Å². The van der Waals surface area contributed by atoms with Gasteiger partial charge in [0.25, 0.3) is 23.5 Å². The summed E-state index contributed by atoms with van der Waals surface area (Å²) in [6.45, 7) is 3.06. The van der Waals surface area contributed by atoms with Crippen LogP contribution in [0, 0.1) is 6.92 Å². The van der Waals surface area contributed by atoms with Crippen LogP contribution in [0.2, 0.25) is 0 Å². The van der Waals surface area contributed by atoms with E-state index in [1.165, 1.54) is 34.8 Å². The maximum absolute atomic E-state index is 13.4. The van der Waals surface area contributed by atoms with Crippen LogP contribution in [-0.4, -0.2) is 79.4 Å². The van der Waals surface area contributed by atoms with Crippen LogP contribution in [0.1, 0.15) is 36.6 Å². The Balaban J connectivity index is 1.18. The first-order chi connectivity index (χ1) is 20.4. The number of piperazine rings is 1. The zero-order chi connectivity index (χ0) is 29.2. The molecule has 0 unspecified atom stereocenters. The summed E-state index contributed by atoms with van der Waals surface area (Å²) >= 11 is 1.24. The summed E-state index contributed by atoms with van der Waals surface area (Å²) in [5.41, 5.74) is 3.20. The molecule has 6 rings (SSSR count). The van der Waals surface area contributed by atoms with Gasteiger partial charge in [0.15, 0.2) is 5.13 Å². The molecule has 5 heterocycles.